The van der Waals surface area contributed by atoms with Crippen molar-refractivity contribution in [2.24, 2.45) is 0 Å². The summed E-state index contributed by atoms with van der Waals surface area (Å²) in [5, 5.41) is 7.38. The molecular weight excluding hydrogens is 687 g/mol. The zero-order valence-electron chi connectivity index (χ0n) is 29.8. The van der Waals surface area contributed by atoms with Crippen molar-refractivity contribution >= 4 is 81.3 Å². The van der Waals surface area contributed by atoms with Gasteiger partial charge in [-0.25, -0.2) is 0 Å². The van der Waals surface area contributed by atoms with E-state index in [-0.39, 0.29) is 0 Å². The number of rotatable bonds is 6. The lowest BCUT2D eigenvalue weighted by atomic mass is 9.97. The number of nitrogens with zero attached hydrogens (tertiary/aromatic N) is 1. The Labute approximate surface area is 322 Å². The fourth-order valence-electron chi connectivity index (χ4n) is 8.31. The van der Waals surface area contributed by atoms with E-state index in [4.69, 9.17) is 4.42 Å². The summed E-state index contributed by atoms with van der Waals surface area (Å²) in [7, 11) is 0. The normalized spacial score (nSPS) is 11.6. The van der Waals surface area contributed by atoms with Crippen molar-refractivity contribution in [3.63, 3.8) is 0 Å². The Hall–Kier alpha value is -6.94. The molecule has 0 fully saturated rings. The minimum absolute atomic E-state index is 0.903. The van der Waals surface area contributed by atoms with Gasteiger partial charge in [0.15, 0.2) is 0 Å². The zero-order chi connectivity index (χ0) is 36.3. The summed E-state index contributed by atoms with van der Waals surface area (Å²) in [6, 6.07) is 72.3. The number of furan rings is 1. The van der Waals surface area contributed by atoms with Gasteiger partial charge in [0.25, 0.3) is 0 Å². The van der Waals surface area contributed by atoms with Crippen LogP contribution in [0, 0.1) is 0 Å². The van der Waals surface area contributed by atoms with Gasteiger partial charge in [-0.3, -0.25) is 0 Å². The molecule has 0 radical (unpaired) electrons. The highest BCUT2D eigenvalue weighted by atomic mass is 32.1. The molecule has 0 bridgehead atoms. The summed E-state index contributed by atoms with van der Waals surface area (Å²) in [5.41, 5.74) is 12.2. The van der Waals surface area contributed by atoms with E-state index in [1.807, 2.05) is 23.5 Å². The Kier molecular flexibility index (Phi) is 7.39. The number of anilines is 3. The molecule has 0 aliphatic rings. The molecule has 2 heterocycles. The van der Waals surface area contributed by atoms with Crippen LogP contribution in [0.4, 0.5) is 17.1 Å². The van der Waals surface area contributed by atoms with Crippen LogP contribution in [0.15, 0.2) is 205 Å². The number of benzene rings is 9. The Morgan fingerprint density at radius 3 is 1.76 bits per heavy atom. The fraction of sp³-hybridized carbons (Fsp3) is 0. The van der Waals surface area contributed by atoms with E-state index in [9.17, 15) is 0 Å². The first-order valence-electron chi connectivity index (χ1n) is 18.7. The largest absolute Gasteiger partial charge is 0.456 e. The monoisotopic (exact) mass is 719 g/mol. The maximum absolute atomic E-state index is 6.25. The molecule has 9 aromatic carbocycles. The molecule has 11 rings (SSSR count). The van der Waals surface area contributed by atoms with E-state index >= 15 is 0 Å². The van der Waals surface area contributed by atoms with Gasteiger partial charge in [-0.05, 0) is 99.3 Å². The maximum atomic E-state index is 6.25. The summed E-state index contributed by atoms with van der Waals surface area (Å²) in [5.74, 6) is 0. The van der Waals surface area contributed by atoms with Crippen molar-refractivity contribution in [3.05, 3.63) is 200 Å². The van der Waals surface area contributed by atoms with Gasteiger partial charge in [0.05, 0.1) is 5.69 Å². The van der Waals surface area contributed by atoms with Gasteiger partial charge in [0.1, 0.15) is 11.2 Å². The molecule has 0 unspecified atom stereocenters. The molecule has 0 atom stereocenters. The van der Waals surface area contributed by atoms with Crippen molar-refractivity contribution in [3.8, 4) is 33.4 Å². The predicted octanol–water partition coefficient (Wildman–Crippen LogP) is 15.6. The van der Waals surface area contributed by atoms with Crippen molar-refractivity contribution < 1.29 is 4.42 Å². The van der Waals surface area contributed by atoms with Crippen LogP contribution in [-0.4, -0.2) is 0 Å². The molecule has 0 amide bonds. The highest BCUT2D eigenvalue weighted by molar-refractivity contribution is 7.25. The van der Waals surface area contributed by atoms with E-state index in [0.29, 0.717) is 0 Å². The molecule has 55 heavy (non-hydrogen) atoms. The van der Waals surface area contributed by atoms with Crippen LogP contribution in [0.25, 0.3) is 86.3 Å². The third kappa shape index (κ3) is 5.32. The highest BCUT2D eigenvalue weighted by Crippen LogP contribution is 2.45. The molecule has 0 aliphatic carbocycles. The number of thiophene rings is 1. The van der Waals surface area contributed by atoms with E-state index in [0.717, 1.165) is 50.1 Å². The predicted molar refractivity (Wildman–Crippen MR) is 235 cm³/mol. The summed E-state index contributed by atoms with van der Waals surface area (Å²) >= 11 is 1.85. The first-order chi connectivity index (χ1) is 27.3. The Bertz CT molecular complexity index is 3200. The molecule has 0 spiro atoms. The molecule has 3 heteroatoms. The molecule has 2 nitrogen and oxygen atoms in total. The van der Waals surface area contributed by atoms with Crippen LogP contribution in [0.1, 0.15) is 0 Å². The van der Waals surface area contributed by atoms with Crippen molar-refractivity contribution in [1.29, 1.82) is 0 Å². The Balaban J connectivity index is 1.07. The van der Waals surface area contributed by atoms with Gasteiger partial charge in [-0.2, -0.15) is 0 Å². The van der Waals surface area contributed by atoms with E-state index in [2.05, 4.69) is 193 Å². The first kappa shape index (κ1) is 31.6. The van der Waals surface area contributed by atoms with Gasteiger partial charge < -0.3 is 9.32 Å². The molecule has 0 N–H and O–H groups in total. The lowest BCUT2D eigenvalue weighted by molar-refractivity contribution is 0.669. The van der Waals surface area contributed by atoms with Crippen LogP contribution < -0.4 is 4.90 Å². The third-order valence-corrected chi connectivity index (χ3v) is 12.0. The van der Waals surface area contributed by atoms with E-state index < -0.39 is 0 Å². The first-order valence-corrected chi connectivity index (χ1v) is 19.5. The average molecular weight is 720 g/mol. The SMILES string of the molecule is c1ccc(N(c2ccc(-c3cccc4ccccc34)cc2)c2ccc(-c3cccc4oc5ccccc5c34)cc2)c(-c2ccc3sc4ccccc4c3c2)c1. The number of fused-ring (bicyclic) bond motifs is 7. The second-order valence-corrected chi connectivity index (χ2v) is 15.1. The smallest absolute Gasteiger partial charge is 0.136 e. The number of hydrogen-bond donors (Lipinski definition) is 0. The molecule has 0 saturated carbocycles. The Morgan fingerprint density at radius 1 is 0.364 bits per heavy atom. The van der Waals surface area contributed by atoms with Gasteiger partial charge in [0, 0.05) is 47.9 Å². The zero-order valence-corrected chi connectivity index (χ0v) is 30.6. The Morgan fingerprint density at radius 2 is 0.927 bits per heavy atom. The van der Waals surface area contributed by atoms with Crippen molar-refractivity contribution in [2.45, 2.75) is 0 Å². The molecule has 258 valence electrons. The summed E-state index contributed by atoms with van der Waals surface area (Å²) in [6.07, 6.45) is 0. The fourth-order valence-corrected chi connectivity index (χ4v) is 9.39. The average Bonchev–Trinajstić information content (AvgIpc) is 3.83. The van der Waals surface area contributed by atoms with Crippen LogP contribution in [-0.2, 0) is 0 Å². The van der Waals surface area contributed by atoms with Gasteiger partial charge in [-0.1, -0.05) is 140 Å². The van der Waals surface area contributed by atoms with Crippen LogP contribution in [0.3, 0.4) is 0 Å². The number of para-hydroxylation sites is 2. The van der Waals surface area contributed by atoms with Crippen LogP contribution in [0.2, 0.25) is 0 Å². The minimum Gasteiger partial charge on any atom is -0.456 e. The van der Waals surface area contributed by atoms with E-state index in [1.165, 1.54) is 53.2 Å². The second kappa shape index (κ2) is 12.9. The highest BCUT2D eigenvalue weighted by Gasteiger charge is 2.19. The number of hydrogen-bond acceptors (Lipinski definition) is 3. The van der Waals surface area contributed by atoms with E-state index in [1.54, 1.807) is 0 Å². The molecule has 0 aliphatic heterocycles. The molecule has 0 saturated heterocycles. The lowest BCUT2D eigenvalue weighted by Crippen LogP contribution is -2.11. The van der Waals surface area contributed by atoms with Crippen molar-refractivity contribution in [2.75, 3.05) is 4.90 Å². The molecule has 11 aromatic rings. The van der Waals surface area contributed by atoms with Crippen LogP contribution >= 0.6 is 11.3 Å². The third-order valence-electron chi connectivity index (χ3n) is 10.9. The van der Waals surface area contributed by atoms with Gasteiger partial charge >= 0.3 is 0 Å². The van der Waals surface area contributed by atoms with Gasteiger partial charge in [0.2, 0.25) is 0 Å². The maximum Gasteiger partial charge on any atom is 0.136 e. The van der Waals surface area contributed by atoms with Gasteiger partial charge in [-0.15, -0.1) is 11.3 Å². The van der Waals surface area contributed by atoms with Crippen LogP contribution in [0.5, 0.6) is 0 Å². The molecule has 2 aromatic heterocycles. The summed E-state index contributed by atoms with van der Waals surface area (Å²) < 4.78 is 8.87. The topological polar surface area (TPSA) is 16.4 Å². The minimum atomic E-state index is 0.903. The summed E-state index contributed by atoms with van der Waals surface area (Å²) in [6.45, 7) is 0. The quantitative estimate of drug-likeness (QED) is 0.170. The second-order valence-electron chi connectivity index (χ2n) is 14.1. The molecular formula is C52H33NOS. The summed E-state index contributed by atoms with van der Waals surface area (Å²) in [4.78, 5) is 2.40. The lowest BCUT2D eigenvalue weighted by Gasteiger charge is -2.28. The standard InChI is InChI=1S/C52H33NOS/c1-2-13-40-34(11-1)12-9-17-41(40)35-23-28-38(29-24-35)53(39-30-25-36(26-31-39)43-18-10-21-49-52(43)45-16-4-7-20-48(45)54-49)47-19-6-3-14-42(47)37-27-32-51-46(33-37)44-15-5-8-22-50(44)55-51/h1-33H. The van der Waals surface area contributed by atoms with Crippen molar-refractivity contribution in [1.82, 2.24) is 0 Å².